The van der Waals surface area contributed by atoms with Gasteiger partial charge >= 0.3 is 0 Å². The van der Waals surface area contributed by atoms with Crippen molar-refractivity contribution in [3.63, 3.8) is 0 Å². The highest BCUT2D eigenvalue weighted by atomic mass is 19.1. The van der Waals surface area contributed by atoms with Crippen molar-refractivity contribution in [2.24, 2.45) is 0 Å². The van der Waals surface area contributed by atoms with E-state index >= 15 is 0 Å². The zero-order valence-electron chi connectivity index (χ0n) is 19.2. The maximum Gasteiger partial charge on any atom is 0.251 e. The van der Waals surface area contributed by atoms with E-state index in [1.54, 1.807) is 24.3 Å². The van der Waals surface area contributed by atoms with E-state index in [9.17, 15) is 13.6 Å². The monoisotopic (exact) mass is 479 g/mol. The number of benzene rings is 1. The minimum Gasteiger partial charge on any atom is -0.381 e. The number of hydrogen-bond donors (Lipinski definition) is 2. The van der Waals surface area contributed by atoms with Crippen molar-refractivity contribution in [1.82, 2.24) is 20.5 Å². The van der Waals surface area contributed by atoms with Crippen molar-refractivity contribution >= 4 is 11.7 Å². The number of ether oxygens (including phenoxy) is 1. The molecule has 7 nitrogen and oxygen atoms in total. The van der Waals surface area contributed by atoms with Crippen LogP contribution in [-0.4, -0.2) is 53.1 Å². The van der Waals surface area contributed by atoms with Gasteiger partial charge in [0.15, 0.2) is 0 Å². The van der Waals surface area contributed by atoms with E-state index in [2.05, 4.69) is 25.8 Å². The molecule has 2 fully saturated rings. The van der Waals surface area contributed by atoms with Gasteiger partial charge in [-0.3, -0.25) is 9.78 Å². The van der Waals surface area contributed by atoms with Crippen LogP contribution in [0.15, 0.2) is 54.7 Å². The largest absolute Gasteiger partial charge is 0.381 e. The molecule has 3 aromatic rings. The zero-order chi connectivity index (χ0) is 24.3. The third-order valence-electron chi connectivity index (χ3n) is 6.73. The molecule has 1 amide bonds. The number of nitrogens with zero attached hydrogens (tertiary/aromatic N) is 3. The summed E-state index contributed by atoms with van der Waals surface area (Å²) in [5.41, 5.74) is 1.52. The van der Waals surface area contributed by atoms with E-state index in [0.717, 1.165) is 18.4 Å². The number of aromatic nitrogens is 3. The van der Waals surface area contributed by atoms with Gasteiger partial charge in [0.2, 0.25) is 0 Å². The molecule has 1 aliphatic heterocycles. The summed E-state index contributed by atoms with van der Waals surface area (Å²) in [5.74, 6) is -0.0488. The number of amides is 1. The van der Waals surface area contributed by atoms with Crippen LogP contribution in [0.3, 0.4) is 0 Å². The molecule has 2 aromatic heterocycles. The lowest BCUT2D eigenvalue weighted by atomic mass is 9.65. The first-order valence-corrected chi connectivity index (χ1v) is 11.8. The van der Waals surface area contributed by atoms with Gasteiger partial charge in [0.25, 0.3) is 5.91 Å². The van der Waals surface area contributed by atoms with Gasteiger partial charge in [0, 0.05) is 48.5 Å². The molecular formula is C26H27F2N5O2. The SMILES string of the molecule is O=C(NC1CCOCC1)c1cccc(-c2ccc(NCC3(c4ncccc4F)CC(F)C3)nn2)c1. The Morgan fingerprint density at radius 1 is 1.09 bits per heavy atom. The van der Waals surface area contributed by atoms with Crippen molar-refractivity contribution in [2.75, 3.05) is 25.1 Å². The van der Waals surface area contributed by atoms with Crippen LogP contribution in [0, 0.1) is 5.82 Å². The number of pyridine rings is 1. The summed E-state index contributed by atoms with van der Waals surface area (Å²) in [6, 6.07) is 13.8. The summed E-state index contributed by atoms with van der Waals surface area (Å²) in [7, 11) is 0. The van der Waals surface area contributed by atoms with E-state index < -0.39 is 17.4 Å². The summed E-state index contributed by atoms with van der Waals surface area (Å²) in [5, 5.41) is 14.8. The molecule has 2 aliphatic rings. The zero-order valence-corrected chi connectivity index (χ0v) is 19.2. The third kappa shape index (κ3) is 5.14. The number of nitrogens with one attached hydrogen (secondary N) is 2. The van der Waals surface area contributed by atoms with E-state index in [4.69, 9.17) is 4.74 Å². The molecule has 5 rings (SSSR count). The Morgan fingerprint density at radius 3 is 2.63 bits per heavy atom. The van der Waals surface area contributed by atoms with Crippen LogP contribution in [0.25, 0.3) is 11.3 Å². The molecule has 1 saturated carbocycles. The number of alkyl halides is 1. The first-order chi connectivity index (χ1) is 17.0. The predicted octanol–water partition coefficient (Wildman–Crippen LogP) is 4.07. The second kappa shape index (κ2) is 10.0. The molecule has 3 heterocycles. The van der Waals surface area contributed by atoms with Crippen LogP contribution in [0.2, 0.25) is 0 Å². The number of rotatable bonds is 7. The fraction of sp³-hybridized carbons (Fsp3) is 0.385. The first kappa shape index (κ1) is 23.3. The Bertz CT molecular complexity index is 1180. The fourth-order valence-corrected chi connectivity index (χ4v) is 4.76. The third-order valence-corrected chi connectivity index (χ3v) is 6.73. The normalized spacial score (nSPS) is 22.3. The van der Waals surface area contributed by atoms with Crippen molar-refractivity contribution in [3.05, 3.63) is 71.8 Å². The average molecular weight is 480 g/mol. The molecule has 9 heteroatoms. The molecule has 1 aromatic carbocycles. The van der Waals surface area contributed by atoms with E-state index in [0.29, 0.717) is 36.8 Å². The molecule has 2 N–H and O–H groups in total. The van der Waals surface area contributed by atoms with Gasteiger partial charge in [-0.15, -0.1) is 10.2 Å². The Hall–Kier alpha value is -3.46. The van der Waals surface area contributed by atoms with Gasteiger partial charge in [-0.2, -0.15) is 0 Å². The van der Waals surface area contributed by atoms with Gasteiger partial charge in [0.05, 0.1) is 11.4 Å². The van der Waals surface area contributed by atoms with Gasteiger partial charge in [-0.05, 0) is 62.1 Å². The predicted molar refractivity (Wildman–Crippen MR) is 127 cm³/mol. The maximum atomic E-state index is 14.3. The Morgan fingerprint density at radius 2 is 1.91 bits per heavy atom. The molecular weight excluding hydrogens is 452 g/mol. The fourth-order valence-electron chi connectivity index (χ4n) is 4.76. The highest BCUT2D eigenvalue weighted by molar-refractivity contribution is 5.95. The molecule has 1 saturated heterocycles. The molecule has 35 heavy (non-hydrogen) atoms. The van der Waals surface area contributed by atoms with Crippen LogP contribution in [0.1, 0.15) is 41.7 Å². The van der Waals surface area contributed by atoms with E-state index in [-0.39, 0.29) is 30.5 Å². The molecule has 182 valence electrons. The first-order valence-electron chi connectivity index (χ1n) is 11.8. The molecule has 0 bridgehead atoms. The van der Waals surface area contributed by atoms with Crippen molar-refractivity contribution in [3.8, 4) is 11.3 Å². The second-order valence-electron chi connectivity index (χ2n) is 9.22. The van der Waals surface area contributed by atoms with Gasteiger partial charge < -0.3 is 15.4 Å². The van der Waals surface area contributed by atoms with E-state index in [1.807, 2.05) is 12.1 Å². The van der Waals surface area contributed by atoms with Crippen LogP contribution in [-0.2, 0) is 10.2 Å². The number of halogens is 2. The smallest absolute Gasteiger partial charge is 0.251 e. The Kier molecular flexibility index (Phi) is 6.68. The number of hydrogen-bond acceptors (Lipinski definition) is 6. The lowest BCUT2D eigenvalue weighted by molar-refractivity contribution is 0.0696. The summed E-state index contributed by atoms with van der Waals surface area (Å²) in [6.07, 6.45) is 2.60. The van der Waals surface area contributed by atoms with Gasteiger partial charge in [-0.25, -0.2) is 8.78 Å². The van der Waals surface area contributed by atoms with Crippen molar-refractivity contribution in [2.45, 2.75) is 43.3 Å². The standard InChI is InChI=1S/C26H27F2N5O2/c27-19-14-26(15-19,24-21(28)5-2-10-29-24)16-30-23-7-6-22(32-33-23)17-3-1-4-18(13-17)25(34)31-20-8-11-35-12-9-20/h1-7,10,13,19-20H,8-9,11-12,14-16H2,(H,30,33)(H,31,34). The Labute approximate surface area is 202 Å². The van der Waals surface area contributed by atoms with Crippen LogP contribution >= 0.6 is 0 Å². The van der Waals surface area contributed by atoms with Crippen LogP contribution < -0.4 is 10.6 Å². The highest BCUT2D eigenvalue weighted by Gasteiger charge is 2.48. The minimum absolute atomic E-state index is 0.122. The molecule has 0 atom stereocenters. The molecule has 1 aliphatic carbocycles. The summed E-state index contributed by atoms with van der Waals surface area (Å²) in [4.78, 5) is 16.8. The van der Waals surface area contributed by atoms with Crippen LogP contribution in [0.4, 0.5) is 14.6 Å². The summed E-state index contributed by atoms with van der Waals surface area (Å²) >= 11 is 0. The highest BCUT2D eigenvalue weighted by Crippen LogP contribution is 2.45. The average Bonchev–Trinajstić information content (AvgIpc) is 2.87. The van der Waals surface area contributed by atoms with Crippen molar-refractivity contribution < 1.29 is 18.3 Å². The molecule has 0 radical (unpaired) electrons. The number of anilines is 1. The number of carbonyl (C=O) groups excluding carboxylic acids is 1. The van der Waals surface area contributed by atoms with E-state index in [1.165, 1.54) is 18.3 Å². The topological polar surface area (TPSA) is 89.0 Å². The quantitative estimate of drug-likeness (QED) is 0.531. The lowest BCUT2D eigenvalue weighted by Gasteiger charge is -2.44. The molecule has 0 spiro atoms. The summed E-state index contributed by atoms with van der Waals surface area (Å²) in [6.45, 7) is 1.62. The minimum atomic E-state index is -0.970. The second-order valence-corrected chi connectivity index (χ2v) is 9.22. The van der Waals surface area contributed by atoms with Crippen molar-refractivity contribution in [1.29, 1.82) is 0 Å². The number of carbonyl (C=O) groups is 1. The van der Waals surface area contributed by atoms with Gasteiger partial charge in [0.1, 0.15) is 17.8 Å². The maximum absolute atomic E-state index is 14.3. The lowest BCUT2D eigenvalue weighted by Crippen LogP contribution is -2.49. The Balaban J connectivity index is 1.25. The van der Waals surface area contributed by atoms with Gasteiger partial charge in [-0.1, -0.05) is 12.1 Å². The molecule has 0 unspecified atom stereocenters. The van der Waals surface area contributed by atoms with Crippen LogP contribution in [0.5, 0.6) is 0 Å². The summed E-state index contributed by atoms with van der Waals surface area (Å²) < 4.78 is 33.5.